The maximum absolute atomic E-state index is 12.6. The van der Waals surface area contributed by atoms with E-state index in [0.717, 1.165) is 5.56 Å². The normalized spacial score (nSPS) is 12.9. The quantitative estimate of drug-likeness (QED) is 0.666. The minimum absolute atomic E-state index is 0.125. The topological polar surface area (TPSA) is 70.2 Å². The van der Waals surface area contributed by atoms with Gasteiger partial charge in [0, 0.05) is 12.6 Å². The third-order valence-electron chi connectivity index (χ3n) is 4.11. The van der Waals surface area contributed by atoms with Crippen molar-refractivity contribution in [3.8, 4) is 0 Å². The summed E-state index contributed by atoms with van der Waals surface area (Å²) >= 11 is 6.11. The number of carbonyl (C=O) groups is 2. The first-order valence-corrected chi connectivity index (χ1v) is 8.93. The lowest BCUT2D eigenvalue weighted by Gasteiger charge is -2.20. The summed E-state index contributed by atoms with van der Waals surface area (Å²) in [5, 5.41) is 9.25. The van der Waals surface area contributed by atoms with E-state index in [9.17, 15) is 9.59 Å². The number of halogens is 1. The van der Waals surface area contributed by atoms with E-state index in [-0.39, 0.29) is 24.3 Å². The van der Waals surface area contributed by atoms with Crippen LogP contribution in [0.2, 0.25) is 5.02 Å². The van der Waals surface area contributed by atoms with Crippen molar-refractivity contribution in [3.63, 3.8) is 0 Å². The molecule has 5 nitrogen and oxygen atoms in total. The number of amides is 2. The molecule has 0 heterocycles. The molecule has 0 aromatic heterocycles. The predicted molar refractivity (Wildman–Crippen MR) is 104 cm³/mol. The molecule has 2 atom stereocenters. The van der Waals surface area contributed by atoms with Crippen molar-refractivity contribution in [2.24, 2.45) is 0 Å². The maximum Gasteiger partial charge on any atom is 0.253 e. The summed E-state index contributed by atoms with van der Waals surface area (Å²) < 4.78 is 0. The molecule has 0 saturated heterocycles. The van der Waals surface area contributed by atoms with E-state index in [1.807, 2.05) is 44.3 Å². The minimum Gasteiger partial charge on any atom is -0.354 e. The highest BCUT2D eigenvalue weighted by Gasteiger charge is 2.20. The summed E-state index contributed by atoms with van der Waals surface area (Å²) in [7, 11) is 1.84. The summed E-state index contributed by atoms with van der Waals surface area (Å²) in [5.74, 6) is -0.429. The van der Waals surface area contributed by atoms with Crippen molar-refractivity contribution in [1.29, 1.82) is 0 Å². The molecule has 0 aliphatic heterocycles. The van der Waals surface area contributed by atoms with Crippen molar-refractivity contribution in [3.05, 3.63) is 70.7 Å². The van der Waals surface area contributed by atoms with E-state index in [0.29, 0.717) is 17.1 Å². The van der Waals surface area contributed by atoms with E-state index in [4.69, 9.17) is 11.6 Å². The molecule has 2 unspecified atom stereocenters. The highest BCUT2D eigenvalue weighted by atomic mass is 35.5. The maximum atomic E-state index is 12.6. The van der Waals surface area contributed by atoms with Crippen LogP contribution < -0.4 is 16.0 Å². The molecular formula is C20H24ClN3O2. The summed E-state index contributed by atoms with van der Waals surface area (Å²) in [4.78, 5) is 24.9. The van der Waals surface area contributed by atoms with Crippen LogP contribution in [0.5, 0.6) is 0 Å². The molecule has 2 amide bonds. The zero-order valence-corrected chi connectivity index (χ0v) is 15.7. The average Bonchev–Trinajstić information content (AvgIpc) is 2.66. The zero-order chi connectivity index (χ0) is 18.9. The van der Waals surface area contributed by atoms with Gasteiger partial charge in [0.15, 0.2) is 0 Å². The Morgan fingerprint density at radius 1 is 1.04 bits per heavy atom. The fraction of sp³-hybridized carbons (Fsp3) is 0.300. The molecule has 2 aromatic rings. The van der Waals surface area contributed by atoms with Crippen LogP contribution in [-0.2, 0) is 4.79 Å². The van der Waals surface area contributed by atoms with Crippen LogP contribution in [0, 0.1) is 0 Å². The van der Waals surface area contributed by atoms with Crippen molar-refractivity contribution < 1.29 is 9.59 Å². The number of benzene rings is 2. The van der Waals surface area contributed by atoms with E-state index in [1.54, 1.807) is 24.3 Å². The van der Waals surface area contributed by atoms with Crippen LogP contribution in [0.1, 0.15) is 35.3 Å². The van der Waals surface area contributed by atoms with Crippen molar-refractivity contribution >= 4 is 23.4 Å². The van der Waals surface area contributed by atoms with Crippen LogP contribution in [0.25, 0.3) is 0 Å². The molecule has 138 valence electrons. The lowest BCUT2D eigenvalue weighted by Crippen LogP contribution is -2.39. The molecule has 0 aliphatic rings. The van der Waals surface area contributed by atoms with E-state index < -0.39 is 6.04 Å². The Balaban J connectivity index is 2.11. The molecule has 0 spiro atoms. The Bertz CT molecular complexity index is 737. The van der Waals surface area contributed by atoms with Gasteiger partial charge < -0.3 is 16.0 Å². The Hall–Kier alpha value is -2.37. The van der Waals surface area contributed by atoms with Crippen LogP contribution in [0.4, 0.5) is 0 Å². The summed E-state index contributed by atoms with van der Waals surface area (Å²) in [6.45, 7) is 2.50. The standard InChI is InChI=1S/C20H24ClN3O2/c1-14(22-2)13-23-19(25)12-18(15-8-4-3-5-9-15)24-20(26)16-10-6-7-11-17(16)21/h3-11,14,18,22H,12-13H2,1-2H3,(H,23,25)(H,24,26). The molecule has 0 saturated carbocycles. The smallest absolute Gasteiger partial charge is 0.253 e. The van der Waals surface area contributed by atoms with Crippen molar-refractivity contribution in [2.75, 3.05) is 13.6 Å². The number of carbonyl (C=O) groups excluding carboxylic acids is 2. The van der Waals surface area contributed by atoms with Crippen LogP contribution in [-0.4, -0.2) is 31.4 Å². The fourth-order valence-corrected chi connectivity index (χ4v) is 2.67. The van der Waals surface area contributed by atoms with Crippen molar-refractivity contribution in [2.45, 2.75) is 25.4 Å². The van der Waals surface area contributed by atoms with Gasteiger partial charge in [0.05, 0.1) is 23.0 Å². The van der Waals surface area contributed by atoms with Gasteiger partial charge in [0.1, 0.15) is 0 Å². The summed E-state index contributed by atoms with van der Waals surface area (Å²) in [6.07, 6.45) is 0.149. The second kappa shape index (κ2) is 9.94. The van der Waals surface area contributed by atoms with Gasteiger partial charge >= 0.3 is 0 Å². The Morgan fingerprint density at radius 2 is 1.69 bits per heavy atom. The number of nitrogens with one attached hydrogen (secondary N) is 3. The number of likely N-dealkylation sites (N-methyl/N-ethyl adjacent to an activating group) is 1. The molecule has 2 rings (SSSR count). The molecular weight excluding hydrogens is 350 g/mol. The molecule has 0 radical (unpaired) electrons. The second-order valence-corrected chi connectivity index (χ2v) is 6.52. The van der Waals surface area contributed by atoms with E-state index >= 15 is 0 Å². The average molecular weight is 374 g/mol. The molecule has 0 fully saturated rings. The van der Waals surface area contributed by atoms with E-state index in [2.05, 4.69) is 16.0 Å². The lowest BCUT2D eigenvalue weighted by atomic mass is 10.0. The predicted octanol–water partition coefficient (Wildman–Crippen LogP) is 2.93. The molecule has 2 aromatic carbocycles. The molecule has 6 heteroatoms. The molecule has 0 aliphatic carbocycles. The van der Waals surface area contributed by atoms with Gasteiger partial charge in [0.2, 0.25) is 5.91 Å². The highest BCUT2D eigenvalue weighted by molar-refractivity contribution is 6.33. The summed E-state index contributed by atoms with van der Waals surface area (Å²) in [6, 6.07) is 16.0. The zero-order valence-electron chi connectivity index (χ0n) is 15.0. The SMILES string of the molecule is CNC(C)CNC(=O)CC(NC(=O)c1ccccc1Cl)c1ccccc1. The monoisotopic (exact) mass is 373 g/mol. The Labute approximate surface area is 159 Å². The third kappa shape index (κ3) is 5.86. The summed E-state index contributed by atoms with van der Waals surface area (Å²) in [5.41, 5.74) is 1.25. The minimum atomic E-state index is -0.440. The van der Waals surface area contributed by atoms with Crippen LogP contribution >= 0.6 is 11.6 Å². The van der Waals surface area contributed by atoms with Crippen LogP contribution in [0.3, 0.4) is 0 Å². The fourth-order valence-electron chi connectivity index (χ4n) is 2.45. The van der Waals surface area contributed by atoms with Gasteiger partial charge in [-0.15, -0.1) is 0 Å². The largest absolute Gasteiger partial charge is 0.354 e. The van der Waals surface area contributed by atoms with Gasteiger partial charge in [-0.05, 0) is 31.7 Å². The Kier molecular flexibility index (Phi) is 7.63. The van der Waals surface area contributed by atoms with Gasteiger partial charge in [0.25, 0.3) is 5.91 Å². The highest BCUT2D eigenvalue weighted by Crippen LogP contribution is 2.20. The second-order valence-electron chi connectivity index (χ2n) is 6.11. The first-order chi connectivity index (χ1) is 12.5. The Morgan fingerprint density at radius 3 is 2.35 bits per heavy atom. The third-order valence-corrected chi connectivity index (χ3v) is 4.44. The van der Waals surface area contributed by atoms with Gasteiger partial charge in [-0.1, -0.05) is 54.1 Å². The molecule has 26 heavy (non-hydrogen) atoms. The van der Waals surface area contributed by atoms with E-state index in [1.165, 1.54) is 0 Å². The number of rotatable bonds is 8. The number of hydrogen-bond donors (Lipinski definition) is 3. The lowest BCUT2D eigenvalue weighted by molar-refractivity contribution is -0.121. The molecule has 0 bridgehead atoms. The molecule has 3 N–H and O–H groups in total. The first kappa shape index (κ1) is 19.9. The van der Waals surface area contributed by atoms with Gasteiger partial charge in [-0.2, -0.15) is 0 Å². The van der Waals surface area contributed by atoms with Gasteiger partial charge in [-0.3, -0.25) is 9.59 Å². The van der Waals surface area contributed by atoms with Crippen molar-refractivity contribution in [1.82, 2.24) is 16.0 Å². The van der Waals surface area contributed by atoms with Gasteiger partial charge in [-0.25, -0.2) is 0 Å². The van der Waals surface area contributed by atoms with Crippen LogP contribution in [0.15, 0.2) is 54.6 Å². The first-order valence-electron chi connectivity index (χ1n) is 8.55. The number of hydrogen-bond acceptors (Lipinski definition) is 3.